The van der Waals surface area contributed by atoms with E-state index in [9.17, 15) is 9.59 Å². The Morgan fingerprint density at radius 1 is 1.07 bits per heavy atom. The molecular weight excluding hydrogens is 380 g/mol. The van der Waals surface area contributed by atoms with Crippen LogP contribution in [0.5, 0.6) is 5.75 Å². The maximum absolute atomic E-state index is 12.3. The Morgan fingerprint density at radius 3 is 2.33 bits per heavy atom. The number of nitrogens with zero attached hydrogens (tertiary/aromatic N) is 1. The fourth-order valence-corrected chi connectivity index (χ4v) is 2.82. The van der Waals surface area contributed by atoms with E-state index in [0.717, 1.165) is 22.7 Å². The zero-order valence-corrected chi connectivity index (χ0v) is 16.7. The molecule has 1 saturated heterocycles. The van der Waals surface area contributed by atoms with Gasteiger partial charge in [-0.25, -0.2) is 0 Å². The normalized spacial score (nSPS) is 14.0. The van der Waals surface area contributed by atoms with Crippen LogP contribution in [0, 0.1) is 0 Å². The van der Waals surface area contributed by atoms with Crippen LogP contribution in [-0.2, 0) is 20.9 Å². The number of carbonyl (C=O) groups is 2. The summed E-state index contributed by atoms with van der Waals surface area (Å²) in [5.74, 6) is 0.770. The first-order chi connectivity index (χ1) is 14.7. The number of para-hydroxylation sites is 1. The average molecular weight is 404 g/mol. The maximum atomic E-state index is 12.3. The molecule has 1 aliphatic heterocycles. The highest BCUT2D eigenvalue weighted by molar-refractivity contribution is 5.97. The number of rotatable bonds is 7. The molecule has 1 atom stereocenters. The number of anilines is 2. The number of benzene rings is 3. The molecule has 0 aromatic heterocycles. The first kappa shape index (κ1) is 21.1. The summed E-state index contributed by atoms with van der Waals surface area (Å²) in [5, 5.41) is 2.52. The number of methoxy groups -OCH3 is 1. The van der Waals surface area contributed by atoms with Crippen LogP contribution >= 0.6 is 0 Å². The lowest BCUT2D eigenvalue weighted by Crippen LogP contribution is -2.34. The summed E-state index contributed by atoms with van der Waals surface area (Å²) in [6.45, 7) is 1.11. The summed E-state index contributed by atoms with van der Waals surface area (Å²) >= 11 is 0. The van der Waals surface area contributed by atoms with Gasteiger partial charge in [-0.15, -0.1) is 0 Å². The van der Waals surface area contributed by atoms with Gasteiger partial charge in [0.05, 0.1) is 20.3 Å². The summed E-state index contributed by atoms with van der Waals surface area (Å²) in [6, 6.07) is 26.9. The van der Waals surface area contributed by atoms with Gasteiger partial charge in [-0.1, -0.05) is 54.6 Å². The van der Waals surface area contributed by atoms with Crippen molar-refractivity contribution in [2.24, 2.45) is 0 Å². The zero-order chi connectivity index (χ0) is 21.2. The van der Waals surface area contributed by atoms with Gasteiger partial charge in [0.15, 0.2) is 6.10 Å². The van der Waals surface area contributed by atoms with Crippen LogP contribution in [0.4, 0.5) is 11.4 Å². The van der Waals surface area contributed by atoms with E-state index in [4.69, 9.17) is 9.47 Å². The Labute approximate surface area is 176 Å². The Bertz CT molecular complexity index is 944. The number of carbonyl (C=O) groups excluding carboxylic acids is 2. The van der Waals surface area contributed by atoms with Gasteiger partial charge < -0.3 is 19.7 Å². The van der Waals surface area contributed by atoms with E-state index in [1.807, 2.05) is 72.8 Å². The summed E-state index contributed by atoms with van der Waals surface area (Å²) in [5.41, 5.74) is 2.76. The first-order valence-electron chi connectivity index (χ1n) is 9.57. The van der Waals surface area contributed by atoms with Crippen LogP contribution in [0.3, 0.4) is 0 Å². The van der Waals surface area contributed by atoms with Crippen LogP contribution in [0.25, 0.3) is 0 Å². The third kappa shape index (κ3) is 6.18. The topological polar surface area (TPSA) is 71.2 Å². The monoisotopic (exact) mass is 404 g/mol. The Balaban J connectivity index is 0.000000199. The number of hydrogen-bond donors (Lipinski definition) is 1. The van der Waals surface area contributed by atoms with Crippen molar-refractivity contribution in [2.75, 3.05) is 23.9 Å². The van der Waals surface area contributed by atoms with Gasteiger partial charge >= 0.3 is 0 Å². The van der Waals surface area contributed by atoms with Gasteiger partial charge in [-0.2, -0.15) is 0 Å². The predicted molar refractivity (Wildman–Crippen MR) is 116 cm³/mol. The maximum Gasteiger partial charge on any atom is 0.258 e. The van der Waals surface area contributed by atoms with Crippen LogP contribution in [0.1, 0.15) is 5.56 Å². The molecule has 1 N–H and O–H groups in total. The summed E-state index contributed by atoms with van der Waals surface area (Å²) in [7, 11) is 1.58. The van der Waals surface area contributed by atoms with E-state index in [2.05, 4.69) is 5.32 Å². The number of ether oxygens (including phenoxy) is 2. The zero-order valence-electron chi connectivity index (χ0n) is 16.7. The quantitative estimate of drug-likeness (QED) is 0.479. The second-order valence-corrected chi connectivity index (χ2v) is 6.56. The van der Waals surface area contributed by atoms with Gasteiger partial charge in [0.1, 0.15) is 5.75 Å². The Morgan fingerprint density at radius 2 is 1.73 bits per heavy atom. The second-order valence-electron chi connectivity index (χ2n) is 6.56. The van der Waals surface area contributed by atoms with Crippen LogP contribution in [0.2, 0.25) is 0 Å². The lowest BCUT2D eigenvalue weighted by molar-refractivity contribution is -0.119. The molecule has 30 heavy (non-hydrogen) atoms. The lowest BCUT2D eigenvalue weighted by atomic mass is 10.2. The van der Waals surface area contributed by atoms with Gasteiger partial charge in [-0.3, -0.25) is 9.59 Å². The highest BCUT2D eigenvalue weighted by atomic mass is 16.6. The van der Waals surface area contributed by atoms with Crippen molar-refractivity contribution in [1.82, 2.24) is 0 Å². The Kier molecular flexibility index (Phi) is 7.58. The van der Waals surface area contributed by atoms with E-state index in [-0.39, 0.29) is 12.0 Å². The minimum Gasteiger partial charge on any atom is -0.497 e. The molecule has 1 aliphatic rings. The minimum absolute atomic E-state index is 0.0371. The van der Waals surface area contributed by atoms with Crippen LogP contribution in [-0.4, -0.2) is 32.1 Å². The van der Waals surface area contributed by atoms with Crippen molar-refractivity contribution in [3.8, 4) is 5.75 Å². The molecule has 6 heteroatoms. The van der Waals surface area contributed by atoms with E-state index < -0.39 is 0 Å². The smallest absolute Gasteiger partial charge is 0.258 e. The lowest BCUT2D eigenvalue weighted by Gasteiger charge is -2.22. The van der Waals surface area contributed by atoms with Gasteiger partial charge in [-0.05, 0) is 29.8 Å². The summed E-state index contributed by atoms with van der Waals surface area (Å²) < 4.78 is 10.1. The molecule has 0 saturated carbocycles. The molecule has 0 spiro atoms. The molecular formula is C24H24N2O4. The molecule has 1 fully saturated rings. The van der Waals surface area contributed by atoms with Crippen LogP contribution < -0.4 is 15.0 Å². The molecule has 1 unspecified atom stereocenters. The third-order valence-electron chi connectivity index (χ3n) is 4.42. The van der Waals surface area contributed by atoms with Crippen molar-refractivity contribution >= 4 is 23.7 Å². The molecule has 3 aromatic carbocycles. The van der Waals surface area contributed by atoms with Gasteiger partial charge in [0, 0.05) is 17.4 Å². The van der Waals surface area contributed by atoms with Crippen molar-refractivity contribution in [1.29, 1.82) is 0 Å². The molecule has 154 valence electrons. The number of amides is 2. The van der Waals surface area contributed by atoms with Crippen molar-refractivity contribution < 1.29 is 19.1 Å². The molecule has 3 aromatic rings. The summed E-state index contributed by atoms with van der Waals surface area (Å²) in [6.07, 6.45) is 0.373. The molecule has 6 nitrogen and oxygen atoms in total. The average Bonchev–Trinajstić information content (AvgIpc) is 3.65. The summed E-state index contributed by atoms with van der Waals surface area (Å²) in [4.78, 5) is 24.1. The van der Waals surface area contributed by atoms with Crippen LogP contribution in [0.15, 0.2) is 84.9 Å². The second kappa shape index (κ2) is 10.8. The first-order valence-corrected chi connectivity index (χ1v) is 9.57. The fraction of sp³-hybridized carbons (Fsp3) is 0.167. The number of hydrogen-bond acceptors (Lipinski definition) is 4. The largest absolute Gasteiger partial charge is 0.497 e. The Hall–Kier alpha value is -3.64. The highest BCUT2D eigenvalue weighted by Gasteiger charge is 2.35. The van der Waals surface area contributed by atoms with E-state index >= 15 is 0 Å². The van der Waals surface area contributed by atoms with Crippen molar-refractivity contribution in [3.05, 3.63) is 90.5 Å². The van der Waals surface area contributed by atoms with E-state index in [1.54, 1.807) is 24.1 Å². The van der Waals surface area contributed by atoms with E-state index in [1.165, 1.54) is 0 Å². The highest BCUT2D eigenvalue weighted by Crippen LogP contribution is 2.22. The standard InChI is InChI=1S/C16H15NO2.C8H9NO2/c18-16(15-12-19-15)17(14-9-5-2-6-10-14)11-13-7-3-1-4-8-13;1-11-8-4-2-3-7(5-8)9-6-10/h1-10,15H,11-12H2;2-6H,1H3,(H,9,10). The molecule has 0 aliphatic carbocycles. The molecule has 0 radical (unpaired) electrons. The molecule has 2 amide bonds. The third-order valence-corrected chi connectivity index (χ3v) is 4.42. The van der Waals surface area contributed by atoms with Crippen molar-refractivity contribution in [2.45, 2.75) is 12.6 Å². The minimum atomic E-state index is -0.260. The predicted octanol–water partition coefficient (Wildman–Crippen LogP) is 3.88. The fourth-order valence-electron chi connectivity index (χ4n) is 2.82. The van der Waals surface area contributed by atoms with Gasteiger partial charge in [0.2, 0.25) is 6.41 Å². The number of nitrogens with one attached hydrogen (secondary N) is 1. The SMILES string of the molecule is COc1cccc(NC=O)c1.O=C(C1CO1)N(Cc1ccccc1)c1ccccc1. The van der Waals surface area contributed by atoms with Gasteiger partial charge in [0.25, 0.3) is 5.91 Å². The number of epoxide rings is 1. The van der Waals surface area contributed by atoms with E-state index in [0.29, 0.717) is 19.6 Å². The van der Waals surface area contributed by atoms with Crippen molar-refractivity contribution in [3.63, 3.8) is 0 Å². The molecule has 0 bridgehead atoms. The molecule has 4 rings (SSSR count). The molecule has 1 heterocycles.